The fourth-order valence-electron chi connectivity index (χ4n) is 2.75. The van der Waals surface area contributed by atoms with E-state index in [9.17, 15) is 4.79 Å². The topological polar surface area (TPSA) is 55.1 Å². The highest BCUT2D eigenvalue weighted by Gasteiger charge is 2.36. The number of carbonyl (C=O) groups is 1. The van der Waals surface area contributed by atoms with Gasteiger partial charge >= 0.3 is 0 Å². The minimum atomic E-state index is -0.0355. The molecule has 1 aromatic carbocycles. The zero-order valence-electron chi connectivity index (χ0n) is 12.4. The Morgan fingerprint density at radius 2 is 2.24 bits per heavy atom. The Balaban J connectivity index is 1.80. The number of benzene rings is 1. The van der Waals surface area contributed by atoms with Crippen LogP contribution in [-0.2, 0) is 0 Å². The lowest BCUT2D eigenvalue weighted by molar-refractivity contribution is 0.0949. The summed E-state index contributed by atoms with van der Waals surface area (Å²) in [5.74, 6) is -0.0355. The molecule has 1 heterocycles. The number of hydrogen-bond acceptors (Lipinski definition) is 4. The number of carbonyl (C=O) groups excluding carboxylic acids is 1. The maximum atomic E-state index is 12.4. The number of thiophene rings is 1. The molecule has 0 radical (unpaired) electrons. The van der Waals surface area contributed by atoms with Crippen LogP contribution in [0.15, 0.2) is 18.2 Å². The molecule has 112 valence electrons. The predicted molar refractivity (Wildman–Crippen MR) is 93.4 cm³/mol. The Hall–Kier alpha value is -1.20. The first-order valence-electron chi connectivity index (χ1n) is 7.17. The van der Waals surface area contributed by atoms with Crippen molar-refractivity contribution in [2.75, 3.05) is 18.5 Å². The van der Waals surface area contributed by atoms with E-state index in [0.717, 1.165) is 22.2 Å². The SMILES string of the molecule is CSC1(CNC(=O)c2sc3ccc(C)cc3c2N)CCC1. The van der Waals surface area contributed by atoms with E-state index in [0.29, 0.717) is 10.6 Å². The van der Waals surface area contributed by atoms with Crippen LogP contribution in [0.1, 0.15) is 34.5 Å². The lowest BCUT2D eigenvalue weighted by Gasteiger charge is -2.40. The zero-order chi connectivity index (χ0) is 15.0. The molecule has 1 saturated carbocycles. The normalized spacial score (nSPS) is 16.7. The van der Waals surface area contributed by atoms with Gasteiger partial charge in [-0.1, -0.05) is 18.1 Å². The molecule has 0 bridgehead atoms. The molecule has 0 unspecified atom stereocenters. The number of nitrogen functional groups attached to an aromatic ring is 1. The molecule has 1 aromatic heterocycles. The number of nitrogens with one attached hydrogen (secondary N) is 1. The molecule has 0 atom stereocenters. The van der Waals surface area contributed by atoms with Crippen LogP contribution < -0.4 is 11.1 Å². The summed E-state index contributed by atoms with van der Waals surface area (Å²) >= 11 is 3.35. The van der Waals surface area contributed by atoms with E-state index in [-0.39, 0.29) is 10.7 Å². The Morgan fingerprint density at radius 1 is 1.48 bits per heavy atom. The molecule has 3 rings (SSSR count). The van der Waals surface area contributed by atoms with Crippen molar-refractivity contribution >= 4 is 44.8 Å². The second-order valence-electron chi connectivity index (χ2n) is 5.77. The lowest BCUT2D eigenvalue weighted by Crippen LogP contribution is -2.45. The van der Waals surface area contributed by atoms with Gasteiger partial charge in [0.25, 0.3) is 5.91 Å². The number of amides is 1. The third-order valence-corrected chi connectivity index (χ3v) is 6.96. The Morgan fingerprint density at radius 3 is 2.86 bits per heavy atom. The van der Waals surface area contributed by atoms with E-state index < -0.39 is 0 Å². The summed E-state index contributed by atoms with van der Waals surface area (Å²) < 4.78 is 1.32. The van der Waals surface area contributed by atoms with Crippen molar-refractivity contribution in [1.29, 1.82) is 0 Å². The summed E-state index contributed by atoms with van der Waals surface area (Å²) in [6.45, 7) is 2.77. The van der Waals surface area contributed by atoms with Gasteiger partial charge in [0.1, 0.15) is 4.88 Å². The van der Waals surface area contributed by atoms with Gasteiger partial charge in [0.05, 0.1) is 5.69 Å². The van der Waals surface area contributed by atoms with Crippen molar-refractivity contribution in [3.63, 3.8) is 0 Å². The highest BCUT2D eigenvalue weighted by Crippen LogP contribution is 2.42. The molecule has 1 aliphatic rings. The first kappa shape index (κ1) is 14.7. The average Bonchev–Trinajstić information content (AvgIpc) is 2.75. The van der Waals surface area contributed by atoms with Crippen molar-refractivity contribution in [2.45, 2.75) is 30.9 Å². The Labute approximate surface area is 133 Å². The summed E-state index contributed by atoms with van der Waals surface area (Å²) in [5, 5.41) is 4.07. The van der Waals surface area contributed by atoms with Gasteiger partial charge in [0, 0.05) is 21.4 Å². The first-order chi connectivity index (χ1) is 10.0. The van der Waals surface area contributed by atoms with Crippen molar-refractivity contribution < 1.29 is 4.79 Å². The number of nitrogens with two attached hydrogens (primary N) is 1. The number of anilines is 1. The summed E-state index contributed by atoms with van der Waals surface area (Å²) in [6, 6.07) is 6.14. The van der Waals surface area contributed by atoms with Crippen LogP contribution >= 0.6 is 23.1 Å². The van der Waals surface area contributed by atoms with E-state index in [2.05, 4.69) is 17.6 Å². The molecule has 0 spiro atoms. The summed E-state index contributed by atoms with van der Waals surface area (Å²) in [6.07, 6.45) is 5.77. The van der Waals surface area contributed by atoms with Gasteiger partial charge in [0.2, 0.25) is 0 Å². The van der Waals surface area contributed by atoms with E-state index in [1.54, 1.807) is 0 Å². The molecule has 0 aliphatic heterocycles. The molecule has 1 fully saturated rings. The second kappa shape index (κ2) is 5.54. The largest absolute Gasteiger partial charge is 0.397 e. The van der Waals surface area contributed by atoms with Crippen LogP contribution in [0.25, 0.3) is 10.1 Å². The monoisotopic (exact) mass is 320 g/mol. The summed E-state index contributed by atoms with van der Waals surface area (Å²) in [4.78, 5) is 13.1. The summed E-state index contributed by atoms with van der Waals surface area (Å²) in [7, 11) is 0. The third kappa shape index (κ3) is 2.64. The lowest BCUT2D eigenvalue weighted by atomic mass is 9.84. The molecule has 0 saturated heterocycles. The maximum Gasteiger partial charge on any atom is 0.263 e. The minimum Gasteiger partial charge on any atom is -0.397 e. The predicted octanol–water partition coefficient (Wildman–Crippen LogP) is 3.81. The number of fused-ring (bicyclic) bond motifs is 1. The fourth-order valence-corrected chi connectivity index (χ4v) is 4.68. The third-order valence-electron chi connectivity index (χ3n) is 4.36. The quantitative estimate of drug-likeness (QED) is 0.901. The van der Waals surface area contributed by atoms with Crippen LogP contribution in [0, 0.1) is 6.92 Å². The fraction of sp³-hybridized carbons (Fsp3) is 0.438. The van der Waals surface area contributed by atoms with Crippen LogP contribution in [0.3, 0.4) is 0 Å². The van der Waals surface area contributed by atoms with Crippen molar-refractivity contribution in [3.8, 4) is 0 Å². The number of thioether (sulfide) groups is 1. The van der Waals surface area contributed by atoms with Crippen LogP contribution in [0.2, 0.25) is 0 Å². The number of rotatable bonds is 4. The highest BCUT2D eigenvalue weighted by atomic mass is 32.2. The molecule has 2 aromatic rings. The Bertz CT molecular complexity index is 683. The van der Waals surface area contributed by atoms with Gasteiger partial charge in [-0.05, 0) is 38.2 Å². The highest BCUT2D eigenvalue weighted by molar-refractivity contribution is 8.00. The van der Waals surface area contributed by atoms with Crippen molar-refractivity contribution in [3.05, 3.63) is 28.6 Å². The second-order valence-corrected chi connectivity index (χ2v) is 8.09. The van der Waals surface area contributed by atoms with Crippen LogP contribution in [0.5, 0.6) is 0 Å². The van der Waals surface area contributed by atoms with E-state index in [4.69, 9.17) is 5.73 Å². The molecule has 3 nitrogen and oxygen atoms in total. The molecule has 21 heavy (non-hydrogen) atoms. The van der Waals surface area contributed by atoms with Crippen LogP contribution in [-0.4, -0.2) is 23.5 Å². The standard InChI is InChI=1S/C16H20N2OS2/c1-10-4-5-12-11(8-10)13(17)14(21-12)15(19)18-9-16(20-2)6-3-7-16/h4-5,8H,3,6-7,9,17H2,1-2H3,(H,18,19). The van der Waals surface area contributed by atoms with Gasteiger partial charge in [-0.3, -0.25) is 4.79 Å². The minimum absolute atomic E-state index is 0.0355. The molecule has 3 N–H and O–H groups in total. The van der Waals surface area contributed by atoms with Gasteiger partial charge in [-0.15, -0.1) is 11.3 Å². The van der Waals surface area contributed by atoms with E-state index >= 15 is 0 Å². The van der Waals surface area contributed by atoms with Crippen molar-refractivity contribution in [2.24, 2.45) is 0 Å². The van der Waals surface area contributed by atoms with E-state index in [1.165, 1.54) is 30.6 Å². The molecule has 1 amide bonds. The first-order valence-corrected chi connectivity index (χ1v) is 9.21. The average molecular weight is 320 g/mol. The van der Waals surface area contributed by atoms with Gasteiger partial charge in [0.15, 0.2) is 0 Å². The molecule has 1 aliphatic carbocycles. The van der Waals surface area contributed by atoms with E-state index in [1.807, 2.05) is 30.8 Å². The molecular formula is C16H20N2OS2. The van der Waals surface area contributed by atoms with Gasteiger partial charge in [-0.25, -0.2) is 0 Å². The Kier molecular flexibility index (Phi) is 3.88. The number of hydrogen-bond donors (Lipinski definition) is 2. The van der Waals surface area contributed by atoms with Gasteiger partial charge < -0.3 is 11.1 Å². The van der Waals surface area contributed by atoms with Crippen molar-refractivity contribution in [1.82, 2.24) is 5.32 Å². The number of aryl methyl sites for hydroxylation is 1. The van der Waals surface area contributed by atoms with Crippen LogP contribution in [0.4, 0.5) is 5.69 Å². The smallest absolute Gasteiger partial charge is 0.263 e. The maximum absolute atomic E-state index is 12.4. The zero-order valence-corrected chi connectivity index (χ0v) is 14.0. The summed E-state index contributed by atoms with van der Waals surface area (Å²) in [5.41, 5.74) is 7.95. The molecule has 5 heteroatoms. The van der Waals surface area contributed by atoms with Gasteiger partial charge in [-0.2, -0.15) is 11.8 Å². The molecular weight excluding hydrogens is 300 g/mol.